The van der Waals surface area contributed by atoms with E-state index in [9.17, 15) is 9.59 Å². The topological polar surface area (TPSA) is 80.8 Å². The number of hydrogen-bond donors (Lipinski definition) is 1. The van der Waals surface area contributed by atoms with Crippen molar-refractivity contribution in [1.82, 2.24) is 9.88 Å². The van der Waals surface area contributed by atoms with Crippen LogP contribution in [0.2, 0.25) is 5.02 Å². The summed E-state index contributed by atoms with van der Waals surface area (Å²) < 4.78 is 11.5. The predicted molar refractivity (Wildman–Crippen MR) is 121 cm³/mol. The van der Waals surface area contributed by atoms with Crippen LogP contribution < -0.4 is 14.8 Å². The van der Waals surface area contributed by atoms with Crippen molar-refractivity contribution in [3.63, 3.8) is 0 Å². The van der Waals surface area contributed by atoms with E-state index in [0.717, 1.165) is 23.1 Å². The highest BCUT2D eigenvalue weighted by Gasteiger charge is 2.29. The van der Waals surface area contributed by atoms with Crippen LogP contribution >= 0.6 is 22.9 Å². The maximum atomic E-state index is 12.9. The minimum Gasteiger partial charge on any atom is -0.493 e. The van der Waals surface area contributed by atoms with Crippen molar-refractivity contribution in [2.24, 2.45) is 5.92 Å². The van der Waals surface area contributed by atoms with Crippen molar-refractivity contribution < 1.29 is 19.1 Å². The third kappa shape index (κ3) is 4.60. The van der Waals surface area contributed by atoms with Crippen LogP contribution in [0.3, 0.4) is 0 Å². The van der Waals surface area contributed by atoms with Crippen molar-refractivity contribution in [3.05, 3.63) is 47.0 Å². The first-order valence-corrected chi connectivity index (χ1v) is 11.1. The van der Waals surface area contributed by atoms with Gasteiger partial charge in [-0.05, 0) is 37.1 Å². The summed E-state index contributed by atoms with van der Waals surface area (Å²) >= 11 is 7.28. The first kappa shape index (κ1) is 21.4. The average Bonchev–Trinajstić information content (AvgIpc) is 3.19. The van der Waals surface area contributed by atoms with E-state index in [2.05, 4.69) is 10.3 Å². The van der Waals surface area contributed by atoms with Crippen LogP contribution in [-0.4, -0.2) is 49.0 Å². The van der Waals surface area contributed by atoms with Gasteiger partial charge in [0.05, 0.1) is 30.4 Å². The van der Waals surface area contributed by atoms with Gasteiger partial charge in [-0.25, -0.2) is 4.98 Å². The number of fused-ring (bicyclic) bond motifs is 1. The van der Waals surface area contributed by atoms with Crippen LogP contribution in [0.15, 0.2) is 36.4 Å². The summed E-state index contributed by atoms with van der Waals surface area (Å²) in [6.45, 7) is 1.01. The zero-order valence-electron chi connectivity index (χ0n) is 17.2. The first-order valence-electron chi connectivity index (χ1n) is 9.86. The highest BCUT2D eigenvalue weighted by molar-refractivity contribution is 7.22. The Labute approximate surface area is 188 Å². The van der Waals surface area contributed by atoms with Gasteiger partial charge in [-0.2, -0.15) is 0 Å². The Morgan fingerprint density at radius 2 is 1.87 bits per heavy atom. The van der Waals surface area contributed by atoms with Crippen molar-refractivity contribution in [1.29, 1.82) is 0 Å². The largest absolute Gasteiger partial charge is 0.493 e. The number of benzene rings is 2. The van der Waals surface area contributed by atoms with E-state index >= 15 is 0 Å². The second kappa shape index (κ2) is 9.11. The standard InChI is InChI=1S/C22H22ClN3O4S/c1-29-17-10-16-19(11-18(17)30-2)31-22(24-16)25-20(27)14-4-3-9-26(12-14)21(28)13-5-7-15(23)8-6-13/h5-8,10-11,14H,3-4,9,12H2,1-2H3,(H,24,25,27). The van der Waals surface area contributed by atoms with Gasteiger partial charge in [-0.1, -0.05) is 22.9 Å². The SMILES string of the molecule is COc1cc2nc(NC(=O)C3CCCN(C(=O)c4ccc(Cl)cc4)C3)sc2cc1OC. The molecule has 2 aromatic carbocycles. The van der Waals surface area contributed by atoms with E-state index in [1.807, 2.05) is 6.07 Å². The molecular formula is C22H22ClN3O4S. The van der Waals surface area contributed by atoms with Crippen LogP contribution in [0.1, 0.15) is 23.2 Å². The van der Waals surface area contributed by atoms with Gasteiger partial charge in [0.1, 0.15) is 0 Å². The highest BCUT2D eigenvalue weighted by atomic mass is 35.5. The van der Waals surface area contributed by atoms with Crippen molar-refractivity contribution in [2.75, 3.05) is 32.6 Å². The second-order valence-corrected chi connectivity index (χ2v) is 8.75. The Bertz CT molecular complexity index is 1070. The number of halogens is 1. The fraction of sp³-hybridized carbons (Fsp3) is 0.318. The van der Waals surface area contributed by atoms with E-state index in [0.29, 0.717) is 40.3 Å². The number of ether oxygens (including phenoxy) is 2. The summed E-state index contributed by atoms with van der Waals surface area (Å²) in [7, 11) is 3.15. The number of rotatable bonds is 5. The molecule has 1 saturated heterocycles. The van der Waals surface area contributed by atoms with Crippen molar-refractivity contribution >= 4 is 50.1 Å². The number of hydrogen-bond acceptors (Lipinski definition) is 6. The molecule has 2 amide bonds. The number of aromatic nitrogens is 1. The van der Waals surface area contributed by atoms with E-state index < -0.39 is 0 Å². The highest BCUT2D eigenvalue weighted by Crippen LogP contribution is 2.36. The van der Waals surface area contributed by atoms with Crippen LogP contribution in [0.4, 0.5) is 5.13 Å². The maximum Gasteiger partial charge on any atom is 0.253 e. The Hall–Kier alpha value is -2.84. The van der Waals surface area contributed by atoms with Gasteiger partial charge >= 0.3 is 0 Å². The van der Waals surface area contributed by atoms with E-state index in [1.165, 1.54) is 11.3 Å². The van der Waals surface area contributed by atoms with Gasteiger partial charge < -0.3 is 19.7 Å². The van der Waals surface area contributed by atoms with Crippen LogP contribution in [0.5, 0.6) is 11.5 Å². The van der Waals surface area contributed by atoms with Crippen LogP contribution in [-0.2, 0) is 4.79 Å². The molecule has 2 heterocycles. The third-order valence-corrected chi connectivity index (χ3v) is 6.48. The lowest BCUT2D eigenvalue weighted by molar-refractivity contribution is -0.121. The number of amides is 2. The molecule has 1 N–H and O–H groups in total. The molecule has 1 aromatic heterocycles. The van der Waals surface area contributed by atoms with Gasteiger partial charge in [-0.15, -0.1) is 0 Å². The summed E-state index contributed by atoms with van der Waals surface area (Å²) in [5.74, 6) is 0.683. The molecule has 7 nitrogen and oxygen atoms in total. The lowest BCUT2D eigenvalue weighted by atomic mass is 9.96. The van der Waals surface area contributed by atoms with E-state index in [4.69, 9.17) is 21.1 Å². The summed E-state index contributed by atoms with van der Waals surface area (Å²) in [6.07, 6.45) is 1.49. The lowest BCUT2D eigenvalue weighted by Crippen LogP contribution is -2.43. The van der Waals surface area contributed by atoms with Gasteiger partial charge in [0.25, 0.3) is 5.91 Å². The average molecular weight is 460 g/mol. The summed E-state index contributed by atoms with van der Waals surface area (Å²) in [6, 6.07) is 10.4. The van der Waals surface area contributed by atoms with Gasteiger partial charge in [0, 0.05) is 35.8 Å². The number of piperidine rings is 1. The molecule has 9 heteroatoms. The smallest absolute Gasteiger partial charge is 0.253 e. The van der Waals surface area contributed by atoms with Crippen molar-refractivity contribution in [3.8, 4) is 11.5 Å². The van der Waals surface area contributed by atoms with Gasteiger partial charge in [0.2, 0.25) is 5.91 Å². The molecule has 0 bridgehead atoms. The Balaban J connectivity index is 1.45. The predicted octanol–water partition coefficient (Wildman–Crippen LogP) is 4.46. The molecule has 162 valence electrons. The molecule has 1 aliphatic heterocycles. The number of carbonyl (C=O) groups excluding carboxylic acids is 2. The number of methoxy groups -OCH3 is 2. The Morgan fingerprint density at radius 3 is 2.58 bits per heavy atom. The molecule has 4 rings (SSSR count). The molecule has 0 radical (unpaired) electrons. The second-order valence-electron chi connectivity index (χ2n) is 7.28. The van der Waals surface area contributed by atoms with E-state index in [-0.39, 0.29) is 17.7 Å². The molecule has 0 spiro atoms. The number of nitrogens with one attached hydrogen (secondary N) is 1. The molecule has 0 aliphatic carbocycles. The summed E-state index contributed by atoms with van der Waals surface area (Å²) in [4.78, 5) is 31.9. The maximum absolute atomic E-state index is 12.9. The molecule has 1 aliphatic rings. The van der Waals surface area contributed by atoms with Gasteiger partial charge in [-0.3, -0.25) is 9.59 Å². The minimum atomic E-state index is -0.291. The van der Waals surface area contributed by atoms with Crippen molar-refractivity contribution in [2.45, 2.75) is 12.8 Å². The summed E-state index contributed by atoms with van der Waals surface area (Å²) in [5, 5.41) is 4.01. The quantitative estimate of drug-likeness (QED) is 0.609. The van der Waals surface area contributed by atoms with Crippen LogP contribution in [0, 0.1) is 5.92 Å². The fourth-order valence-electron chi connectivity index (χ4n) is 3.67. The number of thiazole rings is 1. The molecular weight excluding hydrogens is 438 g/mol. The molecule has 1 fully saturated rings. The number of likely N-dealkylation sites (tertiary alicyclic amines) is 1. The summed E-state index contributed by atoms with van der Waals surface area (Å²) in [5.41, 5.74) is 1.29. The van der Waals surface area contributed by atoms with Gasteiger partial charge in [0.15, 0.2) is 16.6 Å². The number of carbonyl (C=O) groups is 2. The molecule has 1 atom stereocenters. The molecule has 1 unspecified atom stereocenters. The lowest BCUT2D eigenvalue weighted by Gasteiger charge is -2.32. The Kier molecular flexibility index (Phi) is 6.29. The monoisotopic (exact) mass is 459 g/mol. The third-order valence-electron chi connectivity index (χ3n) is 5.29. The van der Waals surface area contributed by atoms with E-state index in [1.54, 1.807) is 49.5 Å². The minimum absolute atomic E-state index is 0.0895. The molecule has 3 aromatic rings. The fourth-order valence-corrected chi connectivity index (χ4v) is 4.67. The molecule has 31 heavy (non-hydrogen) atoms. The Morgan fingerprint density at radius 1 is 1.16 bits per heavy atom. The normalized spacial score (nSPS) is 16.2. The zero-order chi connectivity index (χ0) is 22.0. The number of anilines is 1. The zero-order valence-corrected chi connectivity index (χ0v) is 18.8. The van der Waals surface area contributed by atoms with Crippen LogP contribution in [0.25, 0.3) is 10.2 Å². The number of nitrogens with zero attached hydrogens (tertiary/aromatic N) is 2. The molecule has 0 saturated carbocycles. The first-order chi connectivity index (χ1) is 15.0.